The molecular weight excluding hydrogens is 215 g/mol. The minimum absolute atomic E-state index is 0.381. The number of pyridine rings is 1. The van der Waals surface area contributed by atoms with Gasteiger partial charge in [-0.1, -0.05) is 0 Å². The van der Waals surface area contributed by atoms with Crippen LogP contribution in [0.3, 0.4) is 0 Å². The molecule has 1 aromatic rings. The van der Waals surface area contributed by atoms with Crippen LogP contribution in [-0.2, 0) is 6.18 Å². The second-order valence-corrected chi connectivity index (χ2v) is 2.45. The molecule has 8 heteroatoms. The first kappa shape index (κ1) is 10.9. The average Bonchev–Trinajstić information content (AvgIpc) is 2.15. The van der Waals surface area contributed by atoms with E-state index in [0.717, 1.165) is 6.07 Å². The number of hydrogen-bond acceptors (Lipinski definition) is 4. The zero-order chi connectivity index (χ0) is 11.6. The highest BCUT2D eigenvalue weighted by Crippen LogP contribution is 2.34. The first-order valence-corrected chi connectivity index (χ1v) is 3.47. The van der Waals surface area contributed by atoms with Crippen molar-refractivity contribution in [2.24, 2.45) is 0 Å². The van der Waals surface area contributed by atoms with Gasteiger partial charge in [0.1, 0.15) is 17.8 Å². The quantitative estimate of drug-likeness (QED) is 0.531. The Balaban J connectivity index is 3.51. The Bertz CT molecular complexity index is 450. The van der Waals surface area contributed by atoms with Gasteiger partial charge in [-0.2, -0.15) is 18.4 Å². The number of hydrogen-bond donors (Lipinski definition) is 0. The predicted molar refractivity (Wildman–Crippen MR) is 40.6 cm³/mol. The van der Waals surface area contributed by atoms with E-state index in [9.17, 15) is 23.3 Å². The maximum absolute atomic E-state index is 12.3. The Morgan fingerprint density at radius 1 is 1.47 bits per heavy atom. The fraction of sp³-hybridized carbons (Fsp3) is 0.143. The molecule has 0 fully saturated rings. The predicted octanol–water partition coefficient (Wildman–Crippen LogP) is 1.88. The number of nitrogens with zero attached hydrogens (tertiary/aromatic N) is 3. The highest BCUT2D eigenvalue weighted by atomic mass is 19.4. The molecular formula is C7H2F3N3O2. The summed E-state index contributed by atoms with van der Waals surface area (Å²) in [6.45, 7) is 0. The summed E-state index contributed by atoms with van der Waals surface area (Å²) in [4.78, 5) is 12.3. The Labute approximate surface area is 80.9 Å². The van der Waals surface area contributed by atoms with Crippen LogP contribution >= 0.6 is 0 Å². The fourth-order valence-corrected chi connectivity index (χ4v) is 0.920. The molecule has 0 saturated heterocycles. The van der Waals surface area contributed by atoms with Gasteiger partial charge in [-0.25, -0.2) is 0 Å². The van der Waals surface area contributed by atoms with E-state index in [1.54, 1.807) is 0 Å². The highest BCUT2D eigenvalue weighted by Gasteiger charge is 2.37. The van der Waals surface area contributed by atoms with Crippen LogP contribution in [-0.4, -0.2) is 9.91 Å². The number of aromatic nitrogens is 1. The highest BCUT2D eigenvalue weighted by molar-refractivity contribution is 5.52. The summed E-state index contributed by atoms with van der Waals surface area (Å²) in [5.74, 6) is 0. The van der Waals surface area contributed by atoms with Crippen molar-refractivity contribution >= 4 is 5.69 Å². The van der Waals surface area contributed by atoms with Gasteiger partial charge < -0.3 is 0 Å². The summed E-state index contributed by atoms with van der Waals surface area (Å²) in [6, 6.07) is 1.15. The standard InChI is InChI=1S/C7H2F3N3O2/c8-7(9,10)5-2-12-3-6(13(14)15)4(5)1-11/h2-3H. The molecule has 0 amide bonds. The molecule has 0 spiro atoms. The average molecular weight is 217 g/mol. The molecule has 0 atom stereocenters. The van der Waals surface area contributed by atoms with Gasteiger partial charge in [0.2, 0.25) is 0 Å². The second kappa shape index (κ2) is 3.53. The van der Waals surface area contributed by atoms with E-state index in [0.29, 0.717) is 12.4 Å². The van der Waals surface area contributed by atoms with Gasteiger partial charge in [-0.05, 0) is 0 Å². The topological polar surface area (TPSA) is 79.8 Å². The fourth-order valence-electron chi connectivity index (χ4n) is 0.920. The van der Waals surface area contributed by atoms with E-state index >= 15 is 0 Å². The van der Waals surface area contributed by atoms with Crippen molar-refractivity contribution in [3.05, 3.63) is 33.6 Å². The smallest absolute Gasteiger partial charge is 0.258 e. The molecule has 0 bridgehead atoms. The molecule has 0 saturated carbocycles. The molecule has 0 radical (unpaired) electrons. The van der Waals surface area contributed by atoms with Crippen molar-refractivity contribution in [2.45, 2.75) is 6.18 Å². The lowest BCUT2D eigenvalue weighted by atomic mass is 10.1. The van der Waals surface area contributed by atoms with Crippen molar-refractivity contribution in [1.82, 2.24) is 4.98 Å². The molecule has 1 rings (SSSR count). The second-order valence-electron chi connectivity index (χ2n) is 2.45. The van der Waals surface area contributed by atoms with Crippen LogP contribution in [0.25, 0.3) is 0 Å². The first-order chi connectivity index (χ1) is 6.88. The molecule has 0 N–H and O–H groups in total. The molecule has 0 aliphatic rings. The monoisotopic (exact) mass is 217 g/mol. The number of nitro groups is 1. The molecule has 0 aromatic carbocycles. The summed E-state index contributed by atoms with van der Waals surface area (Å²) in [5.41, 5.74) is -3.38. The van der Waals surface area contributed by atoms with Crippen LogP contribution < -0.4 is 0 Å². The summed E-state index contributed by atoms with van der Waals surface area (Å²) < 4.78 is 36.8. The maximum Gasteiger partial charge on any atom is 0.419 e. The molecule has 15 heavy (non-hydrogen) atoms. The van der Waals surface area contributed by atoms with Crippen molar-refractivity contribution in [3.8, 4) is 6.07 Å². The normalized spacial score (nSPS) is 10.8. The largest absolute Gasteiger partial charge is 0.419 e. The van der Waals surface area contributed by atoms with Crippen molar-refractivity contribution in [2.75, 3.05) is 0 Å². The zero-order valence-electron chi connectivity index (χ0n) is 6.95. The van der Waals surface area contributed by atoms with Crippen LogP contribution in [0.15, 0.2) is 12.4 Å². The SMILES string of the molecule is N#Cc1c([N+](=O)[O-])cncc1C(F)(F)F. The zero-order valence-corrected chi connectivity index (χ0v) is 6.95. The molecule has 78 valence electrons. The molecule has 0 aliphatic heterocycles. The summed E-state index contributed by atoms with van der Waals surface area (Å²) in [7, 11) is 0. The van der Waals surface area contributed by atoms with Crippen LogP contribution in [0, 0.1) is 21.4 Å². The van der Waals surface area contributed by atoms with E-state index < -0.39 is 27.9 Å². The van der Waals surface area contributed by atoms with E-state index in [1.165, 1.54) is 0 Å². The van der Waals surface area contributed by atoms with E-state index in [2.05, 4.69) is 4.98 Å². The Morgan fingerprint density at radius 2 is 2.07 bits per heavy atom. The minimum Gasteiger partial charge on any atom is -0.258 e. The number of nitriles is 1. The number of halogens is 3. The van der Waals surface area contributed by atoms with Gasteiger partial charge in [0.25, 0.3) is 0 Å². The Kier molecular flexibility index (Phi) is 2.57. The van der Waals surface area contributed by atoms with Crippen LogP contribution in [0.2, 0.25) is 0 Å². The lowest BCUT2D eigenvalue weighted by Gasteiger charge is -2.06. The Morgan fingerprint density at radius 3 is 2.47 bits per heavy atom. The van der Waals surface area contributed by atoms with Crippen LogP contribution in [0.4, 0.5) is 18.9 Å². The van der Waals surface area contributed by atoms with Crippen molar-refractivity contribution in [1.29, 1.82) is 5.26 Å². The van der Waals surface area contributed by atoms with E-state index in [4.69, 9.17) is 5.26 Å². The maximum atomic E-state index is 12.3. The summed E-state index contributed by atoms with van der Waals surface area (Å²) in [6.07, 6.45) is -3.84. The molecule has 0 aliphatic carbocycles. The number of rotatable bonds is 1. The van der Waals surface area contributed by atoms with Gasteiger partial charge in [0, 0.05) is 6.20 Å². The summed E-state index contributed by atoms with van der Waals surface area (Å²) in [5, 5.41) is 18.7. The van der Waals surface area contributed by atoms with Gasteiger partial charge >= 0.3 is 11.9 Å². The number of alkyl halides is 3. The third kappa shape index (κ3) is 2.01. The van der Waals surface area contributed by atoms with Gasteiger partial charge in [0.15, 0.2) is 0 Å². The minimum atomic E-state index is -4.83. The van der Waals surface area contributed by atoms with Gasteiger partial charge in [-0.15, -0.1) is 0 Å². The lowest BCUT2D eigenvalue weighted by Crippen LogP contribution is -2.10. The first-order valence-electron chi connectivity index (χ1n) is 3.47. The van der Waals surface area contributed by atoms with Gasteiger partial charge in [-0.3, -0.25) is 15.1 Å². The van der Waals surface area contributed by atoms with Crippen molar-refractivity contribution in [3.63, 3.8) is 0 Å². The van der Waals surface area contributed by atoms with Crippen LogP contribution in [0.1, 0.15) is 11.1 Å². The molecule has 1 heterocycles. The third-order valence-corrected chi connectivity index (χ3v) is 1.54. The lowest BCUT2D eigenvalue weighted by molar-refractivity contribution is -0.385. The molecule has 0 unspecified atom stereocenters. The van der Waals surface area contributed by atoms with Crippen molar-refractivity contribution < 1.29 is 18.1 Å². The third-order valence-electron chi connectivity index (χ3n) is 1.54. The van der Waals surface area contributed by atoms with E-state index in [-0.39, 0.29) is 0 Å². The molecule has 1 aromatic heterocycles. The molecule has 5 nitrogen and oxygen atoms in total. The Hall–Kier alpha value is -2.17. The summed E-state index contributed by atoms with van der Waals surface area (Å²) >= 11 is 0. The van der Waals surface area contributed by atoms with Gasteiger partial charge in [0.05, 0.1) is 10.5 Å². The van der Waals surface area contributed by atoms with Crippen LogP contribution in [0.5, 0.6) is 0 Å². The van der Waals surface area contributed by atoms with E-state index in [1.807, 2.05) is 0 Å².